The second-order valence-electron chi connectivity index (χ2n) is 3.98. The predicted molar refractivity (Wildman–Crippen MR) is 70.2 cm³/mol. The van der Waals surface area contributed by atoms with Crippen molar-refractivity contribution in [2.24, 2.45) is 0 Å². The minimum Gasteiger partial charge on any atom is -0.345 e. The van der Waals surface area contributed by atoms with Crippen molar-refractivity contribution < 1.29 is 13.4 Å². The van der Waals surface area contributed by atoms with E-state index in [4.69, 9.17) is 5.26 Å². The lowest BCUT2D eigenvalue weighted by atomic mass is 10.3. The number of nitriles is 1. The van der Waals surface area contributed by atoms with Gasteiger partial charge in [-0.1, -0.05) is 6.07 Å². The minimum absolute atomic E-state index is 0.116. The van der Waals surface area contributed by atoms with Crippen LogP contribution in [0.2, 0.25) is 0 Å². The Kier molecular flexibility index (Phi) is 6.16. The van der Waals surface area contributed by atoms with E-state index >= 15 is 0 Å². The van der Waals surface area contributed by atoms with Crippen LogP contribution in [-0.4, -0.2) is 34.4 Å². The lowest BCUT2D eigenvalue weighted by Crippen LogP contribution is -2.28. The molecule has 0 fully saturated rings. The average Bonchev–Trinajstić information content (AvgIpc) is 2.41. The maximum absolute atomic E-state index is 13.0. The van der Waals surface area contributed by atoms with Crippen LogP contribution in [0, 0.1) is 17.1 Å². The number of amides is 1. The molecule has 0 bridgehead atoms. The van der Waals surface area contributed by atoms with E-state index < -0.39 is 16.6 Å². The lowest BCUT2D eigenvalue weighted by Gasteiger charge is -2.14. The van der Waals surface area contributed by atoms with Gasteiger partial charge in [0.2, 0.25) is 5.91 Å². The molecule has 1 aromatic carbocycles. The van der Waals surface area contributed by atoms with Crippen LogP contribution in [0.5, 0.6) is 0 Å². The molecule has 0 aliphatic heterocycles. The number of benzene rings is 1. The predicted octanol–water partition coefficient (Wildman–Crippen LogP) is 1.70. The van der Waals surface area contributed by atoms with E-state index in [1.165, 1.54) is 23.1 Å². The van der Waals surface area contributed by atoms with Crippen LogP contribution in [-0.2, 0) is 15.6 Å². The molecule has 0 spiro atoms. The Labute approximate surface area is 114 Å². The van der Waals surface area contributed by atoms with Crippen molar-refractivity contribution in [1.29, 1.82) is 5.26 Å². The molecule has 0 aromatic heterocycles. The Morgan fingerprint density at radius 2 is 2.26 bits per heavy atom. The first-order valence-corrected chi connectivity index (χ1v) is 7.11. The highest BCUT2D eigenvalue weighted by Crippen LogP contribution is 2.10. The Morgan fingerprint density at radius 3 is 2.89 bits per heavy atom. The average molecular weight is 282 g/mol. The Hall–Kier alpha value is -1.74. The van der Waals surface area contributed by atoms with E-state index in [1.807, 2.05) is 6.07 Å². The molecule has 0 aliphatic carbocycles. The molecule has 0 heterocycles. The van der Waals surface area contributed by atoms with Gasteiger partial charge in [-0.05, 0) is 18.2 Å². The number of rotatable bonds is 6. The maximum Gasteiger partial charge on any atom is 0.223 e. The molecule has 0 aliphatic rings. The maximum atomic E-state index is 13.0. The van der Waals surface area contributed by atoms with Gasteiger partial charge in [0, 0.05) is 30.7 Å². The summed E-state index contributed by atoms with van der Waals surface area (Å²) in [6, 6.07) is 7.50. The number of carbonyl (C=O) groups excluding carboxylic acids is 1. The normalized spacial score (nSPS) is 11.6. The molecule has 4 nitrogen and oxygen atoms in total. The molecule has 0 saturated carbocycles. The summed E-state index contributed by atoms with van der Waals surface area (Å²) in [6.45, 7) is 0.363. The van der Waals surface area contributed by atoms with Crippen molar-refractivity contribution >= 4 is 16.7 Å². The van der Waals surface area contributed by atoms with Crippen molar-refractivity contribution in [2.45, 2.75) is 17.7 Å². The molecule has 0 radical (unpaired) electrons. The van der Waals surface area contributed by atoms with Crippen LogP contribution in [0.15, 0.2) is 29.2 Å². The van der Waals surface area contributed by atoms with Gasteiger partial charge in [-0.2, -0.15) is 5.26 Å². The van der Waals surface area contributed by atoms with Gasteiger partial charge in [0.25, 0.3) is 0 Å². The van der Waals surface area contributed by atoms with E-state index in [0.29, 0.717) is 11.4 Å². The van der Waals surface area contributed by atoms with Crippen LogP contribution in [0.1, 0.15) is 12.8 Å². The zero-order chi connectivity index (χ0) is 14.3. The van der Waals surface area contributed by atoms with Gasteiger partial charge in [0.15, 0.2) is 0 Å². The monoisotopic (exact) mass is 282 g/mol. The summed E-state index contributed by atoms with van der Waals surface area (Å²) in [5.41, 5.74) is 0. The molecule has 0 N–H and O–H groups in total. The summed E-state index contributed by atoms with van der Waals surface area (Å²) in [5.74, 6) is -0.456. The summed E-state index contributed by atoms with van der Waals surface area (Å²) < 4.78 is 24.8. The van der Waals surface area contributed by atoms with Gasteiger partial charge in [0.1, 0.15) is 5.82 Å². The van der Waals surface area contributed by atoms with E-state index in [2.05, 4.69) is 0 Å². The summed E-state index contributed by atoms with van der Waals surface area (Å²) in [4.78, 5) is 13.5. The van der Waals surface area contributed by atoms with E-state index in [9.17, 15) is 13.4 Å². The van der Waals surface area contributed by atoms with Gasteiger partial charge >= 0.3 is 0 Å². The van der Waals surface area contributed by atoms with Gasteiger partial charge in [-0.3, -0.25) is 9.00 Å². The fraction of sp³-hybridized carbons (Fsp3) is 0.385. The molecule has 19 heavy (non-hydrogen) atoms. The third-order valence-electron chi connectivity index (χ3n) is 2.55. The standard InChI is InChI=1S/C13H15FN2O2S/c1-16(8-3-7-15)13(17)6-9-19(18)12-5-2-4-11(14)10-12/h2,4-5,10H,3,6,8-9H2,1H3. The highest BCUT2D eigenvalue weighted by atomic mass is 32.2. The SMILES string of the molecule is CN(CCC#N)C(=O)CCS(=O)c1cccc(F)c1. The first-order chi connectivity index (χ1) is 9.04. The zero-order valence-corrected chi connectivity index (χ0v) is 11.5. The number of carbonyl (C=O) groups is 1. The number of hydrogen-bond donors (Lipinski definition) is 0. The number of nitrogens with zero attached hydrogens (tertiary/aromatic N) is 2. The van der Waals surface area contributed by atoms with E-state index in [-0.39, 0.29) is 24.5 Å². The first kappa shape index (κ1) is 15.3. The van der Waals surface area contributed by atoms with Gasteiger partial charge < -0.3 is 4.90 Å². The summed E-state index contributed by atoms with van der Waals surface area (Å²) in [5, 5.41) is 8.42. The van der Waals surface area contributed by atoms with E-state index in [0.717, 1.165) is 0 Å². The number of halogens is 1. The molecule has 0 saturated heterocycles. The van der Waals surface area contributed by atoms with Crippen molar-refractivity contribution in [2.75, 3.05) is 19.3 Å². The van der Waals surface area contributed by atoms with Gasteiger partial charge in [-0.15, -0.1) is 0 Å². The molecule has 6 heteroatoms. The molecule has 1 unspecified atom stereocenters. The highest BCUT2D eigenvalue weighted by Gasteiger charge is 2.11. The Bertz CT molecular complexity index is 514. The zero-order valence-electron chi connectivity index (χ0n) is 10.6. The first-order valence-electron chi connectivity index (χ1n) is 5.79. The summed E-state index contributed by atoms with van der Waals surface area (Å²) >= 11 is 0. The molecule has 1 amide bonds. The second-order valence-corrected chi connectivity index (χ2v) is 5.55. The van der Waals surface area contributed by atoms with Crippen LogP contribution in [0.4, 0.5) is 4.39 Å². The third kappa shape index (κ3) is 5.18. The largest absolute Gasteiger partial charge is 0.345 e. The summed E-state index contributed by atoms with van der Waals surface area (Å²) in [6.07, 6.45) is 0.389. The second kappa shape index (κ2) is 7.64. The van der Waals surface area contributed by atoms with E-state index in [1.54, 1.807) is 13.1 Å². The Balaban J connectivity index is 2.46. The lowest BCUT2D eigenvalue weighted by molar-refractivity contribution is -0.129. The van der Waals surface area contributed by atoms with Crippen molar-refractivity contribution in [3.63, 3.8) is 0 Å². The van der Waals surface area contributed by atoms with Crippen LogP contribution in [0.25, 0.3) is 0 Å². The number of hydrogen-bond acceptors (Lipinski definition) is 3. The molecule has 1 rings (SSSR count). The molecule has 1 atom stereocenters. The van der Waals surface area contributed by atoms with Crippen molar-refractivity contribution in [1.82, 2.24) is 4.90 Å². The Morgan fingerprint density at radius 1 is 1.53 bits per heavy atom. The van der Waals surface area contributed by atoms with Crippen LogP contribution < -0.4 is 0 Å². The smallest absolute Gasteiger partial charge is 0.223 e. The highest BCUT2D eigenvalue weighted by molar-refractivity contribution is 7.85. The minimum atomic E-state index is -1.39. The molecule has 102 valence electrons. The van der Waals surface area contributed by atoms with Gasteiger partial charge in [0.05, 0.1) is 23.3 Å². The fourth-order valence-electron chi connectivity index (χ4n) is 1.44. The third-order valence-corrected chi connectivity index (χ3v) is 3.90. The van der Waals surface area contributed by atoms with Crippen molar-refractivity contribution in [3.8, 4) is 6.07 Å². The van der Waals surface area contributed by atoms with Crippen LogP contribution >= 0.6 is 0 Å². The summed E-state index contributed by atoms with van der Waals surface area (Å²) in [7, 11) is 0.213. The topological polar surface area (TPSA) is 61.2 Å². The quantitative estimate of drug-likeness (QED) is 0.797. The molecule has 1 aromatic rings. The molecular weight excluding hydrogens is 267 g/mol. The van der Waals surface area contributed by atoms with Crippen molar-refractivity contribution in [3.05, 3.63) is 30.1 Å². The van der Waals surface area contributed by atoms with Gasteiger partial charge in [-0.25, -0.2) is 4.39 Å². The van der Waals surface area contributed by atoms with Crippen LogP contribution in [0.3, 0.4) is 0 Å². The fourth-order valence-corrected chi connectivity index (χ4v) is 2.51. The molecular formula is C13H15FN2O2S.